The van der Waals surface area contributed by atoms with E-state index >= 15 is 0 Å². The topological polar surface area (TPSA) is 34.1 Å². The minimum Gasteiger partial charge on any atom is -0.369 e. The Morgan fingerprint density at radius 2 is 1.83 bits per heavy atom. The van der Waals surface area contributed by atoms with Gasteiger partial charge in [-0.25, -0.2) is 0 Å². The number of unbranched alkanes of at least 4 members (excludes halogenated alkanes) is 1. The first-order valence-electron chi connectivity index (χ1n) is 10.7. The normalized spacial score (nSPS) is 15.0. The molecule has 0 saturated carbocycles. The molecule has 1 saturated heterocycles. The van der Waals surface area contributed by atoms with Crippen molar-refractivity contribution in [1.29, 1.82) is 0 Å². The Balaban J connectivity index is 0.00000320. The van der Waals surface area contributed by atoms with Crippen LogP contribution in [0.2, 0.25) is 0 Å². The van der Waals surface area contributed by atoms with Crippen LogP contribution in [0.4, 0.5) is 5.69 Å². The predicted molar refractivity (Wildman–Crippen MR) is 142 cm³/mol. The van der Waals surface area contributed by atoms with Crippen molar-refractivity contribution in [3.05, 3.63) is 52.7 Å². The lowest BCUT2D eigenvalue weighted by Gasteiger charge is -2.36. The van der Waals surface area contributed by atoms with Crippen LogP contribution in [0.25, 0.3) is 0 Å². The zero-order chi connectivity index (χ0) is 20.3. The molecule has 5 nitrogen and oxygen atoms in total. The van der Waals surface area contributed by atoms with Gasteiger partial charge in [-0.1, -0.05) is 24.3 Å². The van der Waals surface area contributed by atoms with Crippen LogP contribution in [0.1, 0.15) is 17.7 Å². The molecule has 0 amide bonds. The fraction of sp³-hybridized carbons (Fsp3) is 0.522. The van der Waals surface area contributed by atoms with Gasteiger partial charge in [0, 0.05) is 63.9 Å². The van der Waals surface area contributed by atoms with Crippen LogP contribution >= 0.6 is 35.3 Å². The lowest BCUT2D eigenvalue weighted by atomic mass is 10.2. The van der Waals surface area contributed by atoms with Crippen molar-refractivity contribution in [1.82, 2.24) is 15.1 Å². The molecule has 1 aliphatic rings. The molecule has 1 aliphatic heterocycles. The molecule has 1 aromatic carbocycles. The Bertz CT molecular complexity index is 714. The molecule has 2 aromatic rings. The summed E-state index contributed by atoms with van der Waals surface area (Å²) in [6, 6.07) is 15.1. The number of nitrogens with one attached hydrogen (secondary N) is 1. The molecule has 1 N–H and O–H groups in total. The standard InChI is InChI=1S/C23H35N5S.HI/c1-24-23(26(2)15-12-22-11-8-20-29-22)25-13-6-7-14-27-16-18-28(19-17-27)21-9-4-3-5-10-21;/h3-5,8-11,20H,6-7,12-19H2,1-2H3,(H,24,25);1H. The number of hydrogen-bond acceptors (Lipinski definition) is 4. The number of halogens is 1. The second-order valence-electron chi connectivity index (χ2n) is 7.60. The third-order valence-corrected chi connectivity index (χ3v) is 6.46. The zero-order valence-electron chi connectivity index (χ0n) is 18.3. The maximum atomic E-state index is 4.43. The van der Waals surface area contributed by atoms with Crippen LogP contribution in [-0.2, 0) is 6.42 Å². The minimum atomic E-state index is 0. The first kappa shape index (κ1) is 24.9. The van der Waals surface area contributed by atoms with Crippen LogP contribution in [0.15, 0.2) is 52.8 Å². The molecule has 0 atom stereocenters. The van der Waals surface area contributed by atoms with Gasteiger partial charge >= 0.3 is 0 Å². The first-order chi connectivity index (χ1) is 14.3. The van der Waals surface area contributed by atoms with Crippen LogP contribution in [0.3, 0.4) is 0 Å². The van der Waals surface area contributed by atoms with Crippen molar-refractivity contribution < 1.29 is 0 Å². The van der Waals surface area contributed by atoms with Crippen LogP contribution in [0.5, 0.6) is 0 Å². The Kier molecular flexibility index (Phi) is 11.5. The van der Waals surface area contributed by atoms with Gasteiger partial charge in [-0.2, -0.15) is 0 Å². The number of anilines is 1. The van der Waals surface area contributed by atoms with Gasteiger partial charge in [0.2, 0.25) is 0 Å². The summed E-state index contributed by atoms with van der Waals surface area (Å²) >= 11 is 1.83. The predicted octanol–water partition coefficient (Wildman–Crippen LogP) is 4.02. The summed E-state index contributed by atoms with van der Waals surface area (Å²) in [6.45, 7) is 7.75. The van der Waals surface area contributed by atoms with Gasteiger partial charge in [0.15, 0.2) is 5.96 Å². The monoisotopic (exact) mass is 541 g/mol. The maximum Gasteiger partial charge on any atom is 0.193 e. The van der Waals surface area contributed by atoms with Crippen molar-refractivity contribution in [2.75, 3.05) is 64.8 Å². The maximum absolute atomic E-state index is 4.43. The lowest BCUT2D eigenvalue weighted by Crippen LogP contribution is -2.46. The highest BCUT2D eigenvalue weighted by molar-refractivity contribution is 14.0. The molecule has 1 aromatic heterocycles. The van der Waals surface area contributed by atoms with Crippen LogP contribution < -0.4 is 10.2 Å². The number of aliphatic imine (C=N–C) groups is 1. The molecule has 166 valence electrons. The number of likely N-dealkylation sites (N-methyl/N-ethyl adjacent to an activating group) is 1. The van der Waals surface area contributed by atoms with E-state index in [2.05, 4.69) is 79.9 Å². The van der Waals surface area contributed by atoms with Crippen molar-refractivity contribution in [3.63, 3.8) is 0 Å². The Morgan fingerprint density at radius 3 is 2.50 bits per heavy atom. The van der Waals surface area contributed by atoms with Crippen molar-refractivity contribution >= 4 is 47.0 Å². The molecule has 7 heteroatoms. The second-order valence-corrected chi connectivity index (χ2v) is 8.63. The fourth-order valence-corrected chi connectivity index (χ4v) is 4.45. The number of hydrogen-bond donors (Lipinski definition) is 1. The molecule has 30 heavy (non-hydrogen) atoms. The van der Waals surface area contributed by atoms with Gasteiger partial charge in [-0.05, 0) is 49.4 Å². The first-order valence-corrected chi connectivity index (χ1v) is 11.6. The summed E-state index contributed by atoms with van der Waals surface area (Å²) in [5.74, 6) is 0.998. The number of piperazine rings is 1. The average molecular weight is 542 g/mol. The van der Waals surface area contributed by atoms with E-state index in [1.54, 1.807) is 0 Å². The summed E-state index contributed by atoms with van der Waals surface area (Å²) in [6.07, 6.45) is 3.48. The smallest absolute Gasteiger partial charge is 0.193 e. The van der Waals surface area contributed by atoms with E-state index in [1.807, 2.05) is 18.4 Å². The van der Waals surface area contributed by atoms with Gasteiger partial charge < -0.3 is 15.1 Å². The largest absolute Gasteiger partial charge is 0.369 e. The fourth-order valence-electron chi connectivity index (χ4n) is 3.75. The van der Waals surface area contributed by atoms with E-state index in [0.29, 0.717) is 0 Å². The summed E-state index contributed by atoms with van der Waals surface area (Å²) < 4.78 is 0. The van der Waals surface area contributed by atoms with Gasteiger partial charge in [0.1, 0.15) is 0 Å². The molecule has 0 unspecified atom stereocenters. The van der Waals surface area contributed by atoms with Gasteiger partial charge in [0.25, 0.3) is 0 Å². The highest BCUT2D eigenvalue weighted by atomic mass is 127. The van der Waals surface area contributed by atoms with Gasteiger partial charge in [-0.3, -0.25) is 9.89 Å². The van der Waals surface area contributed by atoms with E-state index in [1.165, 1.54) is 30.0 Å². The number of guanidine groups is 1. The van der Waals surface area contributed by atoms with Crippen LogP contribution in [0, 0.1) is 0 Å². The number of benzene rings is 1. The minimum absolute atomic E-state index is 0. The summed E-state index contributed by atoms with van der Waals surface area (Å²) in [5.41, 5.74) is 1.35. The van der Waals surface area contributed by atoms with E-state index in [-0.39, 0.29) is 24.0 Å². The highest BCUT2D eigenvalue weighted by Crippen LogP contribution is 2.15. The third kappa shape index (κ3) is 8.07. The number of rotatable bonds is 9. The highest BCUT2D eigenvalue weighted by Gasteiger charge is 2.16. The van der Waals surface area contributed by atoms with Gasteiger partial charge in [-0.15, -0.1) is 35.3 Å². The zero-order valence-corrected chi connectivity index (χ0v) is 21.4. The quantitative estimate of drug-likeness (QED) is 0.225. The molecule has 0 spiro atoms. The van der Waals surface area contributed by atoms with Crippen LogP contribution in [-0.4, -0.2) is 75.7 Å². The molecular weight excluding hydrogens is 505 g/mol. The molecule has 0 bridgehead atoms. The molecule has 1 fully saturated rings. The molecule has 0 radical (unpaired) electrons. The van der Waals surface area contributed by atoms with E-state index in [9.17, 15) is 0 Å². The number of nitrogens with zero attached hydrogens (tertiary/aromatic N) is 4. The SMILES string of the molecule is CN=C(NCCCCN1CCN(c2ccccc2)CC1)N(C)CCc1cccs1.I. The Hall–Kier alpha value is -1.32. The Morgan fingerprint density at radius 1 is 1.07 bits per heavy atom. The average Bonchev–Trinajstić information content (AvgIpc) is 3.29. The second kappa shape index (κ2) is 13.9. The van der Waals surface area contributed by atoms with E-state index in [4.69, 9.17) is 0 Å². The van der Waals surface area contributed by atoms with Crippen molar-refractivity contribution in [3.8, 4) is 0 Å². The number of thiophene rings is 1. The lowest BCUT2D eigenvalue weighted by molar-refractivity contribution is 0.253. The third-order valence-electron chi connectivity index (χ3n) is 5.52. The molecule has 2 heterocycles. The summed E-state index contributed by atoms with van der Waals surface area (Å²) in [4.78, 5) is 13.2. The van der Waals surface area contributed by atoms with Crippen molar-refractivity contribution in [2.45, 2.75) is 19.3 Å². The summed E-state index contributed by atoms with van der Waals surface area (Å²) in [5, 5.41) is 5.66. The number of para-hydroxylation sites is 1. The van der Waals surface area contributed by atoms with E-state index in [0.717, 1.165) is 51.6 Å². The van der Waals surface area contributed by atoms with Gasteiger partial charge in [0.05, 0.1) is 0 Å². The summed E-state index contributed by atoms with van der Waals surface area (Å²) in [7, 11) is 3.99. The molecule has 3 rings (SSSR count). The molecular formula is C23H36IN5S. The van der Waals surface area contributed by atoms with E-state index < -0.39 is 0 Å². The molecule has 0 aliphatic carbocycles. The Labute approximate surface area is 203 Å². The van der Waals surface area contributed by atoms with Crippen molar-refractivity contribution in [2.24, 2.45) is 4.99 Å².